The van der Waals surface area contributed by atoms with Crippen LogP contribution in [0.1, 0.15) is 35.4 Å². The number of anilines is 1. The van der Waals surface area contributed by atoms with E-state index in [1.165, 1.54) is 21.9 Å². The maximum atomic E-state index is 12.7. The average molecular weight is 834 g/mol. The van der Waals surface area contributed by atoms with Gasteiger partial charge in [0.05, 0.1) is 28.9 Å². The maximum Gasteiger partial charge on any atom is 0.353 e. The molecule has 0 unspecified atom stereocenters. The molecule has 0 amide bonds. The Labute approximate surface area is 358 Å². The highest BCUT2D eigenvalue weighted by atomic mass is 35.5. The van der Waals surface area contributed by atoms with Crippen molar-refractivity contribution in [3.63, 3.8) is 0 Å². The van der Waals surface area contributed by atoms with Crippen molar-refractivity contribution in [2.75, 3.05) is 25.1 Å². The van der Waals surface area contributed by atoms with Gasteiger partial charge in [-0.15, -0.1) is 5.10 Å². The molecule has 1 aliphatic heterocycles. The predicted molar refractivity (Wildman–Crippen MR) is 237 cm³/mol. The van der Waals surface area contributed by atoms with Gasteiger partial charge in [-0.1, -0.05) is 84.4 Å². The number of methoxy groups -OCH3 is 1. The third-order valence-electron chi connectivity index (χ3n) is 11.1. The molecule has 0 radical (unpaired) electrons. The first kappa shape index (κ1) is 39.4. The molecule has 308 valence electrons. The molecule has 0 bridgehead atoms. The first-order valence-corrected chi connectivity index (χ1v) is 20.5. The molecule has 9 rings (SSSR count). The number of benzene rings is 5. The van der Waals surface area contributed by atoms with Crippen LogP contribution >= 0.6 is 11.6 Å². The first-order valence-electron chi connectivity index (χ1n) is 20.2. The third kappa shape index (κ3) is 8.40. The monoisotopic (exact) mass is 833 g/mol. The summed E-state index contributed by atoms with van der Waals surface area (Å²) in [6.07, 6.45) is 2.02. The minimum Gasteiger partial charge on any atom is -0.473 e. The molecule has 3 aromatic heterocycles. The Morgan fingerprint density at radius 1 is 0.721 bits per heavy atom. The molecule has 1 aliphatic rings. The smallest absolute Gasteiger partial charge is 0.353 e. The van der Waals surface area contributed by atoms with E-state index in [2.05, 4.69) is 40.3 Å². The largest absolute Gasteiger partial charge is 0.473 e. The van der Waals surface area contributed by atoms with E-state index in [-0.39, 0.29) is 11.7 Å². The van der Waals surface area contributed by atoms with E-state index in [1.807, 2.05) is 96.7 Å². The van der Waals surface area contributed by atoms with Crippen LogP contribution in [0.3, 0.4) is 0 Å². The Morgan fingerprint density at radius 2 is 1.41 bits per heavy atom. The number of aromatic nitrogens is 6. The van der Waals surface area contributed by atoms with Gasteiger partial charge >= 0.3 is 11.7 Å². The second-order valence-electron chi connectivity index (χ2n) is 15.0. The molecular weight excluding hydrogens is 790 g/mol. The van der Waals surface area contributed by atoms with E-state index >= 15 is 0 Å². The number of fused-ring (bicyclic) bond motifs is 1. The summed E-state index contributed by atoms with van der Waals surface area (Å²) in [4.78, 5) is 20.0. The molecule has 12 nitrogen and oxygen atoms in total. The molecule has 0 aliphatic carbocycles. The number of halogens is 1. The minimum absolute atomic E-state index is 0.170. The number of aryl methyl sites for hydroxylation is 2. The highest BCUT2D eigenvalue weighted by Crippen LogP contribution is 2.39. The number of hydrogen-bond donors (Lipinski definition) is 0. The SMILES string of the molecule is COc1nn(C)c(=O)n1-c1ccc(Cl)c(Oc2ccc(C3CCN(c4ccc5c(-c6ccc(OCc7ccccc7)nc6OCc6ccccc6)nn(C)c5c4)CC3)cc2)c1. The minimum atomic E-state index is -0.340. The van der Waals surface area contributed by atoms with Crippen molar-refractivity contribution in [1.29, 1.82) is 0 Å². The van der Waals surface area contributed by atoms with Gasteiger partial charge in [0.25, 0.3) is 0 Å². The lowest BCUT2D eigenvalue weighted by Gasteiger charge is -2.34. The topological polar surface area (TPSA) is 111 Å². The van der Waals surface area contributed by atoms with Gasteiger partial charge in [-0.25, -0.2) is 14.0 Å². The Hall–Kier alpha value is -7.05. The summed E-state index contributed by atoms with van der Waals surface area (Å²) in [5.41, 5.74) is 7.37. The number of hydrogen-bond acceptors (Lipinski definition) is 9. The van der Waals surface area contributed by atoms with E-state index in [0.717, 1.165) is 64.9 Å². The van der Waals surface area contributed by atoms with Gasteiger partial charge in [0.1, 0.15) is 30.4 Å². The van der Waals surface area contributed by atoms with Crippen LogP contribution in [0, 0.1) is 0 Å². The quantitative estimate of drug-likeness (QED) is 0.112. The molecule has 0 spiro atoms. The van der Waals surface area contributed by atoms with Gasteiger partial charge in [0.15, 0.2) is 0 Å². The molecule has 1 fully saturated rings. The summed E-state index contributed by atoms with van der Waals surface area (Å²) in [7, 11) is 5.02. The van der Waals surface area contributed by atoms with Gasteiger partial charge in [0.2, 0.25) is 11.8 Å². The Morgan fingerprint density at radius 3 is 2.11 bits per heavy atom. The summed E-state index contributed by atoms with van der Waals surface area (Å²) < 4.78 is 28.5. The zero-order valence-corrected chi connectivity index (χ0v) is 34.8. The lowest BCUT2D eigenvalue weighted by Crippen LogP contribution is -2.32. The second kappa shape index (κ2) is 17.3. The van der Waals surface area contributed by atoms with Crippen molar-refractivity contribution >= 4 is 28.2 Å². The van der Waals surface area contributed by atoms with Crippen LogP contribution in [0.5, 0.6) is 29.3 Å². The highest BCUT2D eigenvalue weighted by molar-refractivity contribution is 6.32. The Kier molecular flexibility index (Phi) is 11.2. The summed E-state index contributed by atoms with van der Waals surface area (Å²) in [6, 6.07) is 44.0. The number of piperidine rings is 1. The van der Waals surface area contributed by atoms with Crippen molar-refractivity contribution in [2.45, 2.75) is 32.0 Å². The van der Waals surface area contributed by atoms with Gasteiger partial charge in [-0.05, 0) is 84.0 Å². The van der Waals surface area contributed by atoms with Crippen molar-refractivity contribution in [3.05, 3.63) is 166 Å². The molecule has 0 atom stereocenters. The van der Waals surface area contributed by atoms with Crippen LogP contribution in [0.25, 0.3) is 27.8 Å². The summed E-state index contributed by atoms with van der Waals surface area (Å²) >= 11 is 6.52. The second-order valence-corrected chi connectivity index (χ2v) is 15.4. The van der Waals surface area contributed by atoms with Crippen LogP contribution in [-0.2, 0) is 27.3 Å². The van der Waals surface area contributed by atoms with Gasteiger partial charge in [-0.3, -0.25) is 4.68 Å². The normalized spacial score (nSPS) is 13.1. The Bertz CT molecular complexity index is 2850. The maximum absolute atomic E-state index is 12.7. The van der Waals surface area contributed by atoms with Crippen molar-refractivity contribution < 1.29 is 18.9 Å². The third-order valence-corrected chi connectivity index (χ3v) is 11.4. The van der Waals surface area contributed by atoms with E-state index < -0.39 is 0 Å². The van der Waals surface area contributed by atoms with E-state index in [4.69, 9.17) is 40.6 Å². The summed E-state index contributed by atoms with van der Waals surface area (Å²) in [5, 5.41) is 10.6. The lowest BCUT2D eigenvalue weighted by atomic mass is 9.89. The van der Waals surface area contributed by atoms with Crippen LogP contribution < -0.4 is 29.5 Å². The molecule has 5 aromatic carbocycles. The zero-order valence-electron chi connectivity index (χ0n) is 34.1. The fraction of sp³-hybridized carbons (Fsp3) is 0.208. The van der Waals surface area contributed by atoms with Crippen molar-refractivity contribution in [3.8, 4) is 46.2 Å². The van der Waals surface area contributed by atoms with E-state index in [0.29, 0.717) is 53.1 Å². The van der Waals surface area contributed by atoms with Gasteiger partial charge < -0.3 is 23.8 Å². The number of ether oxygens (including phenoxy) is 4. The fourth-order valence-electron chi connectivity index (χ4n) is 7.80. The van der Waals surface area contributed by atoms with Crippen molar-refractivity contribution in [1.82, 2.24) is 29.1 Å². The van der Waals surface area contributed by atoms with Gasteiger partial charge in [0, 0.05) is 50.4 Å². The van der Waals surface area contributed by atoms with Crippen LogP contribution in [0.15, 0.2) is 138 Å². The molecule has 13 heteroatoms. The van der Waals surface area contributed by atoms with E-state index in [1.54, 1.807) is 25.2 Å². The number of pyridine rings is 1. The lowest BCUT2D eigenvalue weighted by molar-refractivity contribution is 0.268. The first-order chi connectivity index (χ1) is 29.8. The molecule has 8 aromatic rings. The average Bonchev–Trinajstić information content (AvgIpc) is 3.79. The highest BCUT2D eigenvalue weighted by Gasteiger charge is 2.24. The van der Waals surface area contributed by atoms with E-state index in [9.17, 15) is 4.79 Å². The number of rotatable bonds is 13. The molecular formula is C48H44ClN7O5. The Balaban J connectivity index is 0.881. The van der Waals surface area contributed by atoms with Crippen LogP contribution in [-0.4, -0.2) is 49.3 Å². The van der Waals surface area contributed by atoms with Crippen LogP contribution in [0.4, 0.5) is 5.69 Å². The fourth-order valence-corrected chi connectivity index (χ4v) is 7.96. The molecule has 4 heterocycles. The standard InChI is InChI=1S/C48H44ClN7O5/c1-53-42-28-36(16-20-39(42)45(51-53)40-21-23-44(59-30-32-10-6-4-7-11-32)50-46(40)60-31-33-12-8-5-9-13-33)55-26-24-35(25-27-55)34-14-18-38(19-15-34)61-43-29-37(17-22-41(43)49)56-47(58-3)52-54(2)48(56)57/h4-23,28-29,35H,24-27,30-31H2,1-3H3. The van der Waals surface area contributed by atoms with Crippen molar-refractivity contribution in [2.24, 2.45) is 14.1 Å². The zero-order chi connectivity index (χ0) is 41.9. The van der Waals surface area contributed by atoms with Gasteiger partial charge in [-0.2, -0.15) is 10.1 Å². The molecule has 1 saturated heterocycles. The summed E-state index contributed by atoms with van der Waals surface area (Å²) in [5.74, 6) is 2.44. The predicted octanol–water partition coefficient (Wildman–Crippen LogP) is 9.52. The molecule has 0 saturated carbocycles. The molecule has 0 N–H and O–H groups in total. The summed E-state index contributed by atoms with van der Waals surface area (Å²) in [6.45, 7) is 2.61. The molecule has 61 heavy (non-hydrogen) atoms. The van der Waals surface area contributed by atoms with Crippen LogP contribution in [0.2, 0.25) is 5.02 Å². The number of nitrogens with zero attached hydrogens (tertiary/aromatic N) is 7.